The van der Waals surface area contributed by atoms with Crippen molar-refractivity contribution in [1.82, 2.24) is 9.88 Å². The minimum atomic E-state index is -1.30. The zero-order chi connectivity index (χ0) is 22.9. The summed E-state index contributed by atoms with van der Waals surface area (Å²) in [6, 6.07) is 1.80. The number of amides is 1. The molecule has 1 aromatic rings. The van der Waals surface area contributed by atoms with Crippen LogP contribution >= 0.6 is 11.6 Å². The van der Waals surface area contributed by atoms with E-state index in [-0.39, 0.29) is 17.6 Å². The zero-order valence-electron chi connectivity index (χ0n) is 19.6. The van der Waals surface area contributed by atoms with Crippen molar-refractivity contribution in [1.29, 1.82) is 0 Å². The van der Waals surface area contributed by atoms with E-state index in [1.54, 1.807) is 17.2 Å². The van der Waals surface area contributed by atoms with Crippen molar-refractivity contribution in [3.63, 3.8) is 0 Å². The quantitative estimate of drug-likeness (QED) is 0.642. The Morgan fingerprint density at radius 2 is 1.80 bits per heavy atom. The normalized spacial score (nSPS) is 18.4. The maximum atomic E-state index is 12.3. The smallest absolute Gasteiger partial charge is 0.410 e. The number of carbonyl (C=O) groups is 1. The second kappa shape index (κ2) is 9.15. The maximum Gasteiger partial charge on any atom is 0.410 e. The van der Waals surface area contributed by atoms with Crippen LogP contribution in [0.2, 0.25) is 18.1 Å². The lowest BCUT2D eigenvalue weighted by Gasteiger charge is -2.39. The van der Waals surface area contributed by atoms with Crippen molar-refractivity contribution >= 4 is 26.7 Å². The van der Waals surface area contributed by atoms with Crippen LogP contribution in [-0.4, -0.2) is 48.8 Å². The Kier molecular flexibility index (Phi) is 7.65. The van der Waals surface area contributed by atoms with E-state index in [1.165, 1.54) is 0 Å². The molecule has 1 aliphatic rings. The molecule has 0 bridgehead atoms. The summed E-state index contributed by atoms with van der Waals surface area (Å²) in [6.07, 6.45) is 1.96. The molecule has 1 aliphatic heterocycles. The SMILES string of the molecule is C[SiH](C)OC(c1ncc(C2(O)CCN(C(=O)OC(C)(C)C)CC2)cc1Cl)C(C)(C)C. The molecule has 0 aliphatic carbocycles. The molecule has 0 aromatic carbocycles. The molecule has 2 heterocycles. The van der Waals surface area contributed by atoms with E-state index < -0.39 is 20.2 Å². The van der Waals surface area contributed by atoms with Gasteiger partial charge in [0.15, 0.2) is 9.04 Å². The summed E-state index contributed by atoms with van der Waals surface area (Å²) in [7, 11) is -1.30. The minimum Gasteiger partial charge on any atom is -0.444 e. The largest absolute Gasteiger partial charge is 0.444 e. The minimum absolute atomic E-state index is 0.148. The lowest BCUT2D eigenvalue weighted by atomic mass is 9.84. The van der Waals surface area contributed by atoms with Crippen LogP contribution in [0, 0.1) is 5.41 Å². The van der Waals surface area contributed by atoms with Crippen molar-refractivity contribution < 1.29 is 19.1 Å². The molecular formula is C22H37ClN2O4Si. The number of pyridine rings is 1. The van der Waals surface area contributed by atoms with Crippen molar-refractivity contribution in [2.24, 2.45) is 5.41 Å². The lowest BCUT2D eigenvalue weighted by Crippen LogP contribution is -2.46. The average Bonchev–Trinajstić information content (AvgIpc) is 2.58. The highest BCUT2D eigenvalue weighted by molar-refractivity contribution is 6.48. The van der Waals surface area contributed by atoms with Gasteiger partial charge >= 0.3 is 6.09 Å². The van der Waals surface area contributed by atoms with Crippen LogP contribution in [0.25, 0.3) is 0 Å². The topological polar surface area (TPSA) is 71.9 Å². The van der Waals surface area contributed by atoms with Gasteiger partial charge in [0.25, 0.3) is 0 Å². The van der Waals surface area contributed by atoms with Crippen LogP contribution in [0.1, 0.15) is 71.7 Å². The summed E-state index contributed by atoms with van der Waals surface area (Å²) < 4.78 is 11.7. The van der Waals surface area contributed by atoms with E-state index in [0.29, 0.717) is 42.2 Å². The van der Waals surface area contributed by atoms with Gasteiger partial charge in [0.2, 0.25) is 0 Å². The van der Waals surface area contributed by atoms with Gasteiger partial charge in [0, 0.05) is 24.8 Å². The van der Waals surface area contributed by atoms with Gasteiger partial charge in [-0.2, -0.15) is 0 Å². The Morgan fingerprint density at radius 3 is 2.23 bits per heavy atom. The zero-order valence-corrected chi connectivity index (χ0v) is 21.5. The molecule has 1 atom stereocenters. The third-order valence-electron chi connectivity index (χ3n) is 5.09. The van der Waals surface area contributed by atoms with Gasteiger partial charge < -0.3 is 19.2 Å². The Bertz CT molecular complexity index is 750. The molecule has 2 rings (SSSR count). The number of halogens is 1. The Labute approximate surface area is 187 Å². The van der Waals surface area contributed by atoms with Gasteiger partial charge in [-0.25, -0.2) is 4.79 Å². The number of likely N-dealkylation sites (tertiary alicyclic amines) is 1. The van der Waals surface area contributed by atoms with Gasteiger partial charge in [0.05, 0.1) is 22.4 Å². The number of carbonyl (C=O) groups excluding carboxylic acids is 1. The first-order chi connectivity index (χ1) is 13.6. The van der Waals surface area contributed by atoms with E-state index in [4.69, 9.17) is 20.8 Å². The number of piperidine rings is 1. The van der Waals surface area contributed by atoms with Crippen LogP contribution in [-0.2, 0) is 14.8 Å². The van der Waals surface area contributed by atoms with Crippen molar-refractivity contribution in [2.45, 2.75) is 84.8 Å². The van der Waals surface area contributed by atoms with Crippen molar-refractivity contribution in [3.8, 4) is 0 Å². The van der Waals surface area contributed by atoms with Crippen molar-refractivity contribution in [3.05, 3.63) is 28.5 Å². The highest BCUT2D eigenvalue weighted by atomic mass is 35.5. The number of aliphatic hydroxyl groups is 1. The molecule has 1 N–H and O–H groups in total. The molecule has 0 saturated carbocycles. The van der Waals surface area contributed by atoms with E-state index in [0.717, 1.165) is 0 Å². The summed E-state index contributed by atoms with van der Waals surface area (Å²) in [5.74, 6) is 0. The number of hydrogen-bond acceptors (Lipinski definition) is 5. The Hall–Kier alpha value is -1.15. The van der Waals surface area contributed by atoms with E-state index in [1.807, 2.05) is 20.8 Å². The van der Waals surface area contributed by atoms with E-state index in [9.17, 15) is 9.90 Å². The third kappa shape index (κ3) is 6.42. The fraction of sp³-hybridized carbons (Fsp3) is 0.727. The van der Waals surface area contributed by atoms with Crippen molar-refractivity contribution in [2.75, 3.05) is 13.1 Å². The summed E-state index contributed by atoms with van der Waals surface area (Å²) in [6.45, 7) is 16.9. The van der Waals surface area contributed by atoms with Gasteiger partial charge in [0.1, 0.15) is 5.60 Å². The first-order valence-corrected chi connectivity index (χ1v) is 13.8. The molecule has 1 saturated heterocycles. The van der Waals surface area contributed by atoms with Gasteiger partial charge in [-0.1, -0.05) is 32.4 Å². The van der Waals surface area contributed by atoms with Crippen LogP contribution in [0.5, 0.6) is 0 Å². The number of nitrogens with zero attached hydrogens (tertiary/aromatic N) is 2. The number of ether oxygens (including phenoxy) is 1. The molecule has 1 amide bonds. The second-order valence-corrected chi connectivity index (χ2v) is 13.3. The van der Waals surface area contributed by atoms with Crippen LogP contribution in [0.15, 0.2) is 12.3 Å². The molecule has 1 aromatic heterocycles. The Balaban J connectivity index is 2.17. The summed E-state index contributed by atoms with van der Waals surface area (Å²) in [4.78, 5) is 18.6. The highest BCUT2D eigenvalue weighted by Gasteiger charge is 2.38. The molecule has 0 radical (unpaired) electrons. The summed E-state index contributed by atoms with van der Waals surface area (Å²) in [5.41, 5.74) is -0.370. The molecule has 8 heteroatoms. The molecular weight excluding hydrogens is 420 g/mol. The second-order valence-electron chi connectivity index (χ2n) is 10.5. The molecule has 6 nitrogen and oxygen atoms in total. The number of aromatic nitrogens is 1. The van der Waals surface area contributed by atoms with E-state index in [2.05, 4.69) is 38.8 Å². The first-order valence-electron chi connectivity index (χ1n) is 10.6. The van der Waals surface area contributed by atoms with Gasteiger partial charge in [-0.05, 0) is 58.2 Å². The fourth-order valence-electron chi connectivity index (χ4n) is 3.52. The van der Waals surface area contributed by atoms with Crippen LogP contribution in [0.3, 0.4) is 0 Å². The standard InChI is InChI=1S/C22H37ClN2O4Si/c1-20(2,3)18(29-30(7)8)17-16(23)13-15(14-24-17)22(27)9-11-25(12-10-22)19(26)28-21(4,5)6/h13-14,18,27,30H,9-12H2,1-8H3. The predicted molar refractivity (Wildman–Crippen MR) is 122 cm³/mol. The molecule has 1 fully saturated rings. The Morgan fingerprint density at radius 1 is 1.23 bits per heavy atom. The third-order valence-corrected chi connectivity index (χ3v) is 6.21. The lowest BCUT2D eigenvalue weighted by molar-refractivity contribution is -0.0358. The predicted octanol–water partition coefficient (Wildman–Crippen LogP) is 5.04. The molecule has 1 unspecified atom stereocenters. The summed E-state index contributed by atoms with van der Waals surface area (Å²) >= 11 is 6.62. The monoisotopic (exact) mass is 456 g/mol. The number of hydrogen-bond donors (Lipinski definition) is 1. The first kappa shape index (κ1) is 25.1. The molecule has 30 heavy (non-hydrogen) atoms. The maximum absolute atomic E-state index is 12.3. The van der Waals surface area contributed by atoms with Gasteiger partial charge in [-0.15, -0.1) is 0 Å². The van der Waals surface area contributed by atoms with Crippen LogP contribution in [0.4, 0.5) is 4.79 Å². The van der Waals surface area contributed by atoms with Gasteiger partial charge in [-0.3, -0.25) is 4.98 Å². The highest BCUT2D eigenvalue weighted by Crippen LogP contribution is 2.41. The average molecular weight is 457 g/mol. The van der Waals surface area contributed by atoms with Crippen LogP contribution < -0.4 is 0 Å². The fourth-order valence-corrected chi connectivity index (χ4v) is 4.87. The summed E-state index contributed by atoms with van der Waals surface area (Å²) in [5, 5.41) is 11.7. The molecule has 170 valence electrons. The number of rotatable bonds is 4. The molecule has 0 spiro atoms. The van der Waals surface area contributed by atoms with E-state index >= 15 is 0 Å².